The molecule has 0 saturated heterocycles. The zero-order valence-corrected chi connectivity index (χ0v) is 3.40. The van der Waals surface area contributed by atoms with E-state index in [1.54, 1.807) is 0 Å². The maximum Gasteiger partial charge on any atom is 0.211 e. The fourth-order valence-electron chi connectivity index (χ4n) is 0.0722. The second-order valence-corrected chi connectivity index (χ2v) is 0.804. The molecule has 6 heavy (non-hydrogen) atoms. The molecule has 0 heterocycles. The van der Waals surface area contributed by atoms with Crippen LogP contribution in [0.5, 0.6) is 0 Å². The lowest BCUT2D eigenvalue weighted by Crippen LogP contribution is -2.15. The van der Waals surface area contributed by atoms with Crippen molar-refractivity contribution in [2.24, 2.45) is 0 Å². The molecule has 0 aromatic carbocycles. The molecule has 0 saturated carbocycles. The summed E-state index contributed by atoms with van der Waals surface area (Å²) in [5.41, 5.74) is 0. The van der Waals surface area contributed by atoms with Gasteiger partial charge in [-0.15, -0.1) is 0 Å². The van der Waals surface area contributed by atoms with Crippen LogP contribution in [0.1, 0.15) is 1.37 Å². The molecule has 0 rings (SSSR count). The Labute approximate surface area is 41.1 Å². The van der Waals surface area contributed by atoms with E-state index in [9.17, 15) is 4.79 Å². The van der Waals surface area contributed by atoms with Crippen LogP contribution in [0.3, 0.4) is 0 Å². The van der Waals surface area contributed by atoms with E-state index in [0.717, 1.165) is 7.81 Å². The molecule has 0 atom stereocenters. The fourth-order valence-corrected chi connectivity index (χ4v) is 0.0722. The van der Waals surface area contributed by atoms with Crippen LogP contribution in [0.15, 0.2) is 0 Å². The van der Waals surface area contributed by atoms with Crippen molar-refractivity contribution in [1.82, 2.24) is 5.32 Å². The van der Waals surface area contributed by atoms with Gasteiger partial charge in [0.15, 0.2) is 0 Å². The number of hydrogen-bond acceptors (Lipinski definition) is 1. The summed E-state index contributed by atoms with van der Waals surface area (Å²) in [6, 6.07) is 0. The molecule has 0 bridgehead atoms. The molecule has 1 N–H and O–H groups in total. The largest absolute Gasteiger partial charge is 0.360 e. The Morgan fingerprint density at radius 3 is 3.83 bits per heavy atom. The first-order valence-electron chi connectivity index (χ1n) is 2.85. The molecule has 3 heteroatoms. The summed E-state index contributed by atoms with van der Waals surface area (Å²) in [6.07, 6.45) is 0.0822. The molecule has 2 nitrogen and oxygen atoms in total. The highest BCUT2D eigenvalue weighted by atomic mass is 16.1. The Morgan fingerprint density at radius 2 is 3.33 bits per heavy atom. The van der Waals surface area contributed by atoms with Crippen molar-refractivity contribution in [2.45, 2.75) is 6.32 Å². The van der Waals surface area contributed by atoms with Crippen LogP contribution in [-0.4, -0.2) is 22.1 Å². The molecule has 0 fully saturated rings. The molecule has 0 aliphatic carbocycles. The van der Waals surface area contributed by atoms with E-state index in [1.165, 1.54) is 0 Å². The van der Waals surface area contributed by atoms with Crippen molar-refractivity contribution in [1.29, 1.82) is 1.34 Å². The van der Waals surface area contributed by atoms with Gasteiger partial charge in [0.1, 0.15) is 0 Å². The van der Waals surface area contributed by atoms with Crippen molar-refractivity contribution in [3.8, 4) is 0 Å². The smallest absolute Gasteiger partial charge is 0.211 e. The first kappa shape index (κ1) is 2.67. The minimum atomic E-state index is -0.269. The van der Waals surface area contributed by atoms with Crippen LogP contribution in [0.25, 0.3) is 0 Å². The molecule has 0 aliphatic heterocycles. The maximum absolute atomic E-state index is 10.3. The normalized spacial score (nSPS) is 11.3. The maximum atomic E-state index is 10.3. The molecule has 0 spiro atoms. The molecular formula is C3H7BNO. The summed E-state index contributed by atoms with van der Waals surface area (Å²) in [5, 5.41) is 2.22. The number of hydrogen-bond donors (Lipinski definition) is 1. The third kappa shape index (κ3) is 1.82. The summed E-state index contributed by atoms with van der Waals surface area (Å²) in [6.45, 7) is 0. The molecule has 33 valence electrons. The van der Waals surface area contributed by atoms with Crippen LogP contribution in [0.4, 0.5) is 0 Å². The minimum absolute atomic E-state index is 0.0822. The van der Waals surface area contributed by atoms with E-state index < -0.39 is 0 Å². The van der Waals surface area contributed by atoms with Gasteiger partial charge in [0.25, 0.3) is 0 Å². The molecule has 0 aromatic heterocycles. The van der Waals surface area contributed by atoms with E-state index in [-0.39, 0.29) is 19.3 Å². The van der Waals surface area contributed by atoms with Crippen molar-refractivity contribution in [3.63, 3.8) is 0 Å². The Kier molecular flexibility index (Phi) is 1.22. The second kappa shape index (κ2) is 2.76. The summed E-state index contributed by atoms with van der Waals surface area (Å²) in [5.74, 6) is -0.269. The van der Waals surface area contributed by atoms with Gasteiger partial charge in [0, 0.05) is 8.39 Å². The number of nitrogens with one attached hydrogen (secondary N) is 1. The highest BCUT2D eigenvalue weighted by Crippen LogP contribution is 1.64. The summed E-state index contributed by atoms with van der Waals surface area (Å²) in [7, 11) is 0.900. The summed E-state index contributed by atoms with van der Waals surface area (Å²) < 4.78 is 13.0. The Balaban J connectivity index is 3.06. The quantitative estimate of drug-likeness (QED) is 0.431. The van der Waals surface area contributed by atoms with Crippen molar-refractivity contribution in [2.75, 3.05) is 7.02 Å². The number of amides is 1. The highest BCUT2D eigenvalue weighted by Gasteiger charge is 1.84. The molecule has 0 unspecified atom stereocenters. The average molecular weight is 85.9 g/mol. The van der Waals surface area contributed by atoms with Crippen LogP contribution in [0.2, 0.25) is 6.32 Å². The summed E-state index contributed by atoms with van der Waals surface area (Å²) >= 11 is 0. The lowest BCUT2D eigenvalue weighted by atomic mass is 10.1. The predicted molar refractivity (Wildman–Crippen MR) is 26.0 cm³/mol. The van der Waals surface area contributed by atoms with E-state index in [0.29, 0.717) is 0 Å². The lowest BCUT2D eigenvalue weighted by Gasteiger charge is -1.87. The van der Waals surface area contributed by atoms with Gasteiger partial charge in [0.05, 0.1) is 7.81 Å². The number of carbonyl (C=O) groups excluding carboxylic acids is 1. The molecule has 0 aliphatic rings. The van der Waals surface area contributed by atoms with Gasteiger partial charge >= 0.3 is 0 Å². The van der Waals surface area contributed by atoms with Crippen LogP contribution < -0.4 is 5.32 Å². The Hall–Kier alpha value is -0.465. The van der Waals surface area contributed by atoms with Crippen molar-refractivity contribution >= 4 is 13.7 Å². The Morgan fingerprint density at radius 1 is 2.50 bits per heavy atom. The van der Waals surface area contributed by atoms with Gasteiger partial charge in [-0.3, -0.25) is 4.79 Å². The average Bonchev–Trinajstić information content (AvgIpc) is 1.68. The molecular weight excluding hydrogens is 76.9 g/mol. The molecule has 1 amide bonds. The zero-order chi connectivity index (χ0) is 6.41. The topological polar surface area (TPSA) is 29.1 Å². The Bertz CT molecular complexity index is 71.7. The lowest BCUT2D eigenvalue weighted by molar-refractivity contribution is -0.118. The van der Waals surface area contributed by atoms with Gasteiger partial charge in [-0.05, 0) is 7.66 Å². The molecule has 1 radical (unpaired) electrons. The van der Waals surface area contributed by atoms with E-state index in [4.69, 9.17) is 2.71 Å². The van der Waals surface area contributed by atoms with Crippen LogP contribution in [0, 0.1) is 0 Å². The minimum Gasteiger partial charge on any atom is -0.360 e. The second-order valence-electron chi connectivity index (χ2n) is 0.804. The predicted octanol–water partition coefficient (Wildman–Crippen LogP) is -0.949. The third-order valence-electron chi connectivity index (χ3n) is 0.383. The first-order valence-corrected chi connectivity index (χ1v) is 1.57. The third-order valence-corrected chi connectivity index (χ3v) is 0.383. The SMILES string of the molecule is [2H][B]CC(=O)NC[2H]. The first-order chi connectivity index (χ1) is 3.81. The van der Waals surface area contributed by atoms with Crippen LogP contribution in [-0.2, 0) is 4.79 Å². The zero-order valence-electron chi connectivity index (χ0n) is 5.40. The van der Waals surface area contributed by atoms with Crippen molar-refractivity contribution in [3.05, 3.63) is 0 Å². The van der Waals surface area contributed by atoms with Gasteiger partial charge in [-0.1, -0.05) is 0 Å². The van der Waals surface area contributed by atoms with Crippen molar-refractivity contribution < 1.29 is 6.17 Å². The van der Waals surface area contributed by atoms with E-state index in [2.05, 4.69) is 5.32 Å². The fraction of sp³-hybridized carbons (Fsp3) is 0.667. The number of rotatable bonds is 2. The van der Waals surface area contributed by atoms with Gasteiger partial charge < -0.3 is 5.32 Å². The molecule has 0 aromatic rings. The van der Waals surface area contributed by atoms with E-state index >= 15 is 0 Å². The highest BCUT2D eigenvalue weighted by molar-refractivity contribution is 6.19. The van der Waals surface area contributed by atoms with Crippen LogP contribution >= 0.6 is 0 Å². The van der Waals surface area contributed by atoms with Gasteiger partial charge in [0.2, 0.25) is 5.91 Å². The van der Waals surface area contributed by atoms with E-state index in [1.807, 2.05) is 0 Å². The number of carbonyl (C=O) groups is 1. The van der Waals surface area contributed by atoms with Gasteiger partial charge in [-0.25, -0.2) is 0 Å². The monoisotopic (exact) mass is 86.1 g/mol. The van der Waals surface area contributed by atoms with Gasteiger partial charge in [-0.2, -0.15) is 0 Å². The standard InChI is InChI=1S/C3H7BNO/c1-5-3(6)2-4/h4H,2H2,1H3,(H,5,6)/i1D,4D. The summed E-state index contributed by atoms with van der Waals surface area (Å²) in [4.78, 5) is 10.3.